The van der Waals surface area contributed by atoms with Crippen LogP contribution in [0, 0.1) is 0 Å². The summed E-state index contributed by atoms with van der Waals surface area (Å²) in [6.07, 6.45) is 1.59. The lowest BCUT2D eigenvalue weighted by Gasteiger charge is -2.30. The minimum atomic E-state index is -0.481. The molecule has 0 aromatic heterocycles. The van der Waals surface area contributed by atoms with Crippen LogP contribution in [0.4, 0.5) is 5.69 Å². The number of ether oxygens (including phenoxy) is 1. The zero-order chi connectivity index (χ0) is 15.5. The van der Waals surface area contributed by atoms with Crippen LogP contribution in [0.25, 0.3) is 6.08 Å². The molecule has 2 fully saturated rings. The number of nitrogens with one attached hydrogen (secondary N) is 2. The molecule has 22 heavy (non-hydrogen) atoms. The van der Waals surface area contributed by atoms with Crippen molar-refractivity contribution in [2.75, 3.05) is 31.2 Å². The summed E-state index contributed by atoms with van der Waals surface area (Å²) in [6.45, 7) is 2.89. The van der Waals surface area contributed by atoms with Crippen LogP contribution in [0.5, 0.6) is 0 Å². The second kappa shape index (κ2) is 6.25. The highest BCUT2D eigenvalue weighted by molar-refractivity contribution is 7.80. The van der Waals surface area contributed by atoms with Gasteiger partial charge in [0.15, 0.2) is 5.11 Å². The van der Waals surface area contributed by atoms with E-state index < -0.39 is 11.8 Å². The van der Waals surface area contributed by atoms with Crippen LogP contribution in [0.1, 0.15) is 5.56 Å². The highest BCUT2D eigenvalue weighted by Crippen LogP contribution is 2.24. The van der Waals surface area contributed by atoms with Crippen LogP contribution in [0.15, 0.2) is 29.8 Å². The average Bonchev–Trinajstić information content (AvgIpc) is 2.52. The number of carbonyl (C=O) groups excluding carboxylic acids is 2. The first kappa shape index (κ1) is 14.7. The number of morpholine rings is 1. The SMILES string of the molecule is O=C1NC(=S)NC(=O)C1=Cc1ccccc1N1CCOCC1. The zero-order valence-corrected chi connectivity index (χ0v) is 12.6. The Hall–Kier alpha value is -2.25. The van der Waals surface area contributed by atoms with Gasteiger partial charge in [-0.25, -0.2) is 0 Å². The quantitative estimate of drug-likeness (QED) is 0.470. The highest BCUT2D eigenvalue weighted by atomic mass is 32.1. The van der Waals surface area contributed by atoms with Gasteiger partial charge in [0, 0.05) is 18.8 Å². The number of anilines is 1. The standard InChI is InChI=1S/C15H15N3O3S/c19-13-11(14(20)17-15(22)16-13)9-10-3-1-2-4-12(10)18-5-7-21-8-6-18/h1-4,9H,5-8H2,(H2,16,17,19,20,22). The predicted molar refractivity (Wildman–Crippen MR) is 86.3 cm³/mol. The van der Waals surface area contributed by atoms with Crippen molar-refractivity contribution >= 4 is 40.9 Å². The molecule has 0 spiro atoms. The largest absolute Gasteiger partial charge is 0.378 e. The molecule has 7 heteroatoms. The fourth-order valence-corrected chi connectivity index (χ4v) is 2.65. The first-order chi connectivity index (χ1) is 10.6. The Bertz CT molecular complexity index is 644. The molecule has 1 aromatic carbocycles. The number of thiocarbonyl (C=S) groups is 1. The number of hydrogen-bond donors (Lipinski definition) is 2. The maximum atomic E-state index is 11.9. The number of carbonyl (C=O) groups is 2. The molecule has 0 bridgehead atoms. The number of para-hydroxylation sites is 1. The minimum Gasteiger partial charge on any atom is -0.378 e. The number of amides is 2. The summed E-state index contributed by atoms with van der Waals surface area (Å²) in [7, 11) is 0. The molecule has 0 unspecified atom stereocenters. The summed E-state index contributed by atoms with van der Waals surface area (Å²) in [5.74, 6) is -0.962. The van der Waals surface area contributed by atoms with Gasteiger partial charge in [0.1, 0.15) is 5.57 Å². The van der Waals surface area contributed by atoms with E-state index in [9.17, 15) is 9.59 Å². The normalized spacial score (nSPS) is 18.8. The molecule has 0 aliphatic carbocycles. The van der Waals surface area contributed by atoms with E-state index in [0.717, 1.165) is 24.3 Å². The van der Waals surface area contributed by atoms with E-state index in [1.807, 2.05) is 24.3 Å². The summed E-state index contributed by atoms with van der Waals surface area (Å²) in [6, 6.07) is 7.66. The van der Waals surface area contributed by atoms with Gasteiger partial charge in [-0.05, 0) is 29.9 Å². The molecule has 0 saturated carbocycles. The van der Waals surface area contributed by atoms with Crippen molar-refractivity contribution in [1.82, 2.24) is 10.6 Å². The third-order valence-corrected chi connectivity index (χ3v) is 3.74. The van der Waals surface area contributed by atoms with E-state index in [1.54, 1.807) is 6.08 Å². The lowest BCUT2D eigenvalue weighted by molar-refractivity contribution is -0.123. The Labute approximate surface area is 133 Å². The van der Waals surface area contributed by atoms with Gasteiger partial charge >= 0.3 is 0 Å². The summed E-state index contributed by atoms with van der Waals surface area (Å²) >= 11 is 4.79. The number of nitrogens with zero attached hydrogens (tertiary/aromatic N) is 1. The van der Waals surface area contributed by atoms with Gasteiger partial charge in [-0.1, -0.05) is 18.2 Å². The molecule has 3 rings (SSSR count). The van der Waals surface area contributed by atoms with Crippen molar-refractivity contribution < 1.29 is 14.3 Å². The van der Waals surface area contributed by atoms with Crippen LogP contribution in [-0.4, -0.2) is 43.2 Å². The Balaban J connectivity index is 1.94. The van der Waals surface area contributed by atoms with Crippen LogP contribution >= 0.6 is 12.2 Å². The smallest absolute Gasteiger partial charge is 0.263 e. The van der Waals surface area contributed by atoms with Crippen molar-refractivity contribution in [1.29, 1.82) is 0 Å². The van der Waals surface area contributed by atoms with Crippen molar-refractivity contribution in [2.45, 2.75) is 0 Å². The molecule has 2 saturated heterocycles. The van der Waals surface area contributed by atoms with E-state index in [-0.39, 0.29) is 10.7 Å². The second-order valence-corrected chi connectivity index (χ2v) is 5.36. The molecule has 2 aliphatic heterocycles. The van der Waals surface area contributed by atoms with Crippen LogP contribution in [0.3, 0.4) is 0 Å². The molecule has 2 aliphatic rings. The number of rotatable bonds is 2. The first-order valence-corrected chi connectivity index (χ1v) is 7.36. The minimum absolute atomic E-state index is 0.0358. The maximum absolute atomic E-state index is 11.9. The maximum Gasteiger partial charge on any atom is 0.263 e. The second-order valence-electron chi connectivity index (χ2n) is 4.95. The van der Waals surface area contributed by atoms with E-state index in [0.29, 0.717) is 13.2 Å². The average molecular weight is 317 g/mol. The third-order valence-electron chi connectivity index (χ3n) is 3.53. The van der Waals surface area contributed by atoms with E-state index in [1.165, 1.54) is 0 Å². The fourth-order valence-electron chi connectivity index (χ4n) is 2.46. The Morgan fingerprint density at radius 2 is 1.73 bits per heavy atom. The Morgan fingerprint density at radius 1 is 1.09 bits per heavy atom. The van der Waals surface area contributed by atoms with Crippen LogP contribution in [0.2, 0.25) is 0 Å². The first-order valence-electron chi connectivity index (χ1n) is 6.95. The van der Waals surface area contributed by atoms with Crippen LogP contribution in [-0.2, 0) is 14.3 Å². The zero-order valence-electron chi connectivity index (χ0n) is 11.8. The topological polar surface area (TPSA) is 70.7 Å². The highest BCUT2D eigenvalue weighted by Gasteiger charge is 2.26. The van der Waals surface area contributed by atoms with Gasteiger partial charge in [-0.15, -0.1) is 0 Å². The summed E-state index contributed by atoms with van der Waals surface area (Å²) in [5, 5.41) is 4.91. The molecule has 2 amide bonds. The number of benzene rings is 1. The van der Waals surface area contributed by atoms with E-state index >= 15 is 0 Å². The van der Waals surface area contributed by atoms with E-state index in [4.69, 9.17) is 17.0 Å². The number of hydrogen-bond acceptors (Lipinski definition) is 5. The molecule has 1 aromatic rings. The lowest BCUT2D eigenvalue weighted by Crippen LogP contribution is -2.51. The summed E-state index contributed by atoms with van der Waals surface area (Å²) in [4.78, 5) is 26.1. The van der Waals surface area contributed by atoms with Crippen molar-refractivity contribution in [3.05, 3.63) is 35.4 Å². The third kappa shape index (κ3) is 3.00. The van der Waals surface area contributed by atoms with E-state index in [2.05, 4.69) is 15.5 Å². The lowest BCUT2D eigenvalue weighted by atomic mass is 10.1. The van der Waals surface area contributed by atoms with Gasteiger partial charge < -0.3 is 9.64 Å². The van der Waals surface area contributed by atoms with Gasteiger partial charge in [0.25, 0.3) is 11.8 Å². The van der Waals surface area contributed by atoms with Gasteiger partial charge in [-0.3, -0.25) is 20.2 Å². The molecule has 114 valence electrons. The predicted octanol–water partition coefficient (Wildman–Crippen LogP) is 0.437. The molecule has 0 radical (unpaired) electrons. The monoisotopic (exact) mass is 317 g/mol. The summed E-state index contributed by atoms with van der Waals surface area (Å²) in [5.41, 5.74) is 1.85. The van der Waals surface area contributed by atoms with Crippen LogP contribution < -0.4 is 15.5 Å². The molecular weight excluding hydrogens is 302 g/mol. The summed E-state index contributed by atoms with van der Waals surface area (Å²) < 4.78 is 5.36. The van der Waals surface area contributed by atoms with Crippen molar-refractivity contribution in [2.24, 2.45) is 0 Å². The molecule has 0 atom stereocenters. The van der Waals surface area contributed by atoms with Gasteiger partial charge in [-0.2, -0.15) is 0 Å². The molecule has 6 nitrogen and oxygen atoms in total. The van der Waals surface area contributed by atoms with Crippen molar-refractivity contribution in [3.8, 4) is 0 Å². The van der Waals surface area contributed by atoms with Gasteiger partial charge in [0.05, 0.1) is 13.2 Å². The molecule has 2 heterocycles. The van der Waals surface area contributed by atoms with Crippen molar-refractivity contribution in [3.63, 3.8) is 0 Å². The Kier molecular flexibility index (Phi) is 4.17. The molecule has 2 N–H and O–H groups in total. The fraction of sp³-hybridized carbons (Fsp3) is 0.267. The van der Waals surface area contributed by atoms with Gasteiger partial charge in [0.2, 0.25) is 0 Å². The molecular formula is C15H15N3O3S. The Morgan fingerprint density at radius 3 is 2.41 bits per heavy atom.